The molecule has 2 amide bonds. The highest BCUT2D eigenvalue weighted by molar-refractivity contribution is 7.80. The molecule has 1 fully saturated rings. The maximum absolute atomic E-state index is 11.9. The summed E-state index contributed by atoms with van der Waals surface area (Å²) in [5.74, 6) is 0.421. The molecule has 1 aliphatic rings. The van der Waals surface area contributed by atoms with Gasteiger partial charge in [-0.25, -0.2) is 0 Å². The first-order valence-electron chi connectivity index (χ1n) is 6.30. The highest BCUT2D eigenvalue weighted by atomic mass is 32.1. The molecule has 1 rings (SSSR count). The van der Waals surface area contributed by atoms with Crippen molar-refractivity contribution < 1.29 is 9.59 Å². The third-order valence-corrected chi connectivity index (χ3v) is 5.04. The van der Waals surface area contributed by atoms with E-state index >= 15 is 0 Å². The topological polar surface area (TPSA) is 58.2 Å². The maximum atomic E-state index is 11.9. The van der Waals surface area contributed by atoms with Crippen molar-refractivity contribution in [3.63, 3.8) is 0 Å². The Morgan fingerprint density at radius 3 is 2.06 bits per heavy atom. The Morgan fingerprint density at radius 2 is 1.72 bits per heavy atom. The second-order valence-electron chi connectivity index (χ2n) is 6.18. The van der Waals surface area contributed by atoms with E-state index in [-0.39, 0.29) is 22.6 Å². The van der Waals surface area contributed by atoms with Gasteiger partial charge >= 0.3 is 0 Å². The van der Waals surface area contributed by atoms with Gasteiger partial charge in [-0.3, -0.25) is 9.59 Å². The third kappa shape index (κ3) is 2.82. The number of nitrogens with one attached hydrogen (secondary N) is 2. The van der Waals surface area contributed by atoms with Crippen LogP contribution in [0.1, 0.15) is 34.6 Å². The molecule has 0 aromatic carbocycles. The van der Waals surface area contributed by atoms with Gasteiger partial charge in [-0.05, 0) is 16.7 Å². The van der Waals surface area contributed by atoms with Crippen molar-refractivity contribution >= 4 is 24.4 Å². The van der Waals surface area contributed by atoms with Crippen LogP contribution in [0.4, 0.5) is 0 Å². The van der Waals surface area contributed by atoms with Gasteiger partial charge in [-0.2, -0.15) is 12.6 Å². The summed E-state index contributed by atoms with van der Waals surface area (Å²) in [6.45, 7) is 10.9. The van der Waals surface area contributed by atoms with Crippen LogP contribution in [0.15, 0.2) is 0 Å². The standard InChI is InChI=1S/C13H24N2O2S/c1-8(16)15-9(7-18)11(17)14-6-10-12(2,3)13(10,4)5/h9-10,18H,6-7H2,1-5H3,(H,14,17)(H,15,16). The average Bonchev–Trinajstić information content (AvgIpc) is 2.62. The van der Waals surface area contributed by atoms with E-state index < -0.39 is 6.04 Å². The van der Waals surface area contributed by atoms with Crippen LogP contribution in [0.5, 0.6) is 0 Å². The molecule has 0 radical (unpaired) electrons. The van der Waals surface area contributed by atoms with Gasteiger partial charge in [0.1, 0.15) is 6.04 Å². The van der Waals surface area contributed by atoms with Crippen LogP contribution in [-0.4, -0.2) is 30.2 Å². The van der Waals surface area contributed by atoms with Crippen LogP contribution in [-0.2, 0) is 9.59 Å². The van der Waals surface area contributed by atoms with Crippen molar-refractivity contribution in [2.45, 2.75) is 40.7 Å². The second kappa shape index (κ2) is 5.11. The fourth-order valence-electron chi connectivity index (χ4n) is 2.61. The van der Waals surface area contributed by atoms with Gasteiger partial charge < -0.3 is 10.6 Å². The highest BCUT2D eigenvalue weighted by Gasteiger charge is 2.64. The predicted octanol–water partition coefficient (Wildman–Crippen LogP) is 1.22. The zero-order valence-electron chi connectivity index (χ0n) is 11.8. The second-order valence-corrected chi connectivity index (χ2v) is 6.54. The minimum atomic E-state index is -0.546. The Labute approximate surface area is 115 Å². The molecule has 2 N–H and O–H groups in total. The van der Waals surface area contributed by atoms with Crippen LogP contribution in [0.2, 0.25) is 0 Å². The maximum Gasteiger partial charge on any atom is 0.243 e. The molecule has 0 aromatic heterocycles. The summed E-state index contributed by atoms with van der Waals surface area (Å²) in [6, 6.07) is -0.546. The SMILES string of the molecule is CC(=O)NC(CS)C(=O)NCC1C(C)(C)C1(C)C. The molecule has 0 saturated heterocycles. The first kappa shape index (κ1) is 15.3. The summed E-state index contributed by atoms with van der Waals surface area (Å²) in [6.07, 6.45) is 0. The van der Waals surface area contributed by atoms with Crippen LogP contribution < -0.4 is 10.6 Å². The largest absolute Gasteiger partial charge is 0.354 e. The van der Waals surface area contributed by atoms with E-state index in [1.165, 1.54) is 6.92 Å². The van der Waals surface area contributed by atoms with Crippen molar-refractivity contribution in [1.82, 2.24) is 10.6 Å². The fourth-order valence-corrected chi connectivity index (χ4v) is 2.87. The van der Waals surface area contributed by atoms with Crippen LogP contribution in [0.25, 0.3) is 0 Å². The zero-order valence-corrected chi connectivity index (χ0v) is 12.7. The summed E-state index contributed by atoms with van der Waals surface area (Å²) in [7, 11) is 0. The molecule has 18 heavy (non-hydrogen) atoms. The molecule has 0 aliphatic heterocycles. The van der Waals surface area contributed by atoms with Gasteiger partial charge in [-0.15, -0.1) is 0 Å². The molecule has 0 bridgehead atoms. The summed E-state index contributed by atoms with van der Waals surface area (Å²) < 4.78 is 0. The third-order valence-electron chi connectivity index (χ3n) is 4.68. The smallest absolute Gasteiger partial charge is 0.243 e. The molecule has 0 spiro atoms. The first-order valence-corrected chi connectivity index (χ1v) is 6.93. The Hall–Kier alpha value is -0.710. The summed E-state index contributed by atoms with van der Waals surface area (Å²) >= 11 is 4.08. The molecule has 5 heteroatoms. The van der Waals surface area contributed by atoms with Gasteiger partial charge in [0.15, 0.2) is 0 Å². The summed E-state index contributed by atoms with van der Waals surface area (Å²) in [5, 5.41) is 5.50. The van der Waals surface area contributed by atoms with Crippen molar-refractivity contribution in [3.8, 4) is 0 Å². The van der Waals surface area contributed by atoms with Gasteiger partial charge in [0.2, 0.25) is 11.8 Å². The lowest BCUT2D eigenvalue weighted by Crippen LogP contribution is -2.47. The van der Waals surface area contributed by atoms with E-state index in [1.807, 2.05) is 0 Å². The molecular formula is C13H24N2O2S. The van der Waals surface area contributed by atoms with Gasteiger partial charge in [0.25, 0.3) is 0 Å². The zero-order chi connectivity index (χ0) is 14.1. The summed E-state index contributed by atoms with van der Waals surface area (Å²) in [5.41, 5.74) is 0.509. The number of hydrogen-bond acceptors (Lipinski definition) is 3. The molecule has 0 aromatic rings. The normalized spacial score (nSPS) is 22.1. The van der Waals surface area contributed by atoms with E-state index in [9.17, 15) is 9.59 Å². The van der Waals surface area contributed by atoms with Crippen LogP contribution >= 0.6 is 12.6 Å². The van der Waals surface area contributed by atoms with Gasteiger partial charge in [0, 0.05) is 19.2 Å². The predicted molar refractivity (Wildman–Crippen MR) is 75.5 cm³/mol. The minimum absolute atomic E-state index is 0.154. The number of carbonyl (C=O) groups is 2. The average molecular weight is 272 g/mol. The van der Waals surface area contributed by atoms with Crippen molar-refractivity contribution in [2.24, 2.45) is 16.7 Å². The summed E-state index contributed by atoms with van der Waals surface area (Å²) in [4.78, 5) is 22.8. The lowest BCUT2D eigenvalue weighted by atomic mass is 10.0. The Kier molecular flexibility index (Phi) is 4.36. The number of amides is 2. The first-order chi connectivity index (χ1) is 8.14. The van der Waals surface area contributed by atoms with E-state index in [2.05, 4.69) is 51.0 Å². The molecule has 1 saturated carbocycles. The van der Waals surface area contributed by atoms with E-state index in [4.69, 9.17) is 0 Å². The number of thiol groups is 1. The van der Waals surface area contributed by atoms with Crippen molar-refractivity contribution in [3.05, 3.63) is 0 Å². The molecule has 1 atom stereocenters. The van der Waals surface area contributed by atoms with E-state index in [0.29, 0.717) is 18.2 Å². The lowest BCUT2D eigenvalue weighted by molar-refractivity contribution is -0.127. The molecule has 104 valence electrons. The number of carbonyl (C=O) groups excluding carboxylic acids is 2. The van der Waals surface area contributed by atoms with Crippen LogP contribution in [0.3, 0.4) is 0 Å². The minimum Gasteiger partial charge on any atom is -0.354 e. The Balaban J connectivity index is 2.45. The molecular weight excluding hydrogens is 248 g/mol. The lowest BCUT2D eigenvalue weighted by Gasteiger charge is -2.15. The molecule has 1 aliphatic carbocycles. The quantitative estimate of drug-likeness (QED) is 0.659. The molecule has 1 unspecified atom stereocenters. The van der Waals surface area contributed by atoms with E-state index in [1.54, 1.807) is 0 Å². The number of rotatable bonds is 5. The van der Waals surface area contributed by atoms with Crippen molar-refractivity contribution in [1.29, 1.82) is 0 Å². The van der Waals surface area contributed by atoms with Gasteiger partial charge in [0.05, 0.1) is 0 Å². The van der Waals surface area contributed by atoms with Crippen LogP contribution in [0, 0.1) is 16.7 Å². The molecule has 4 nitrogen and oxygen atoms in total. The Morgan fingerprint density at radius 1 is 1.22 bits per heavy atom. The highest BCUT2D eigenvalue weighted by Crippen LogP contribution is 2.67. The monoisotopic (exact) mass is 272 g/mol. The Bertz CT molecular complexity index is 339. The van der Waals surface area contributed by atoms with Crippen molar-refractivity contribution in [2.75, 3.05) is 12.3 Å². The molecule has 0 heterocycles. The van der Waals surface area contributed by atoms with E-state index in [0.717, 1.165) is 0 Å². The fraction of sp³-hybridized carbons (Fsp3) is 0.846. The van der Waals surface area contributed by atoms with Gasteiger partial charge in [-0.1, -0.05) is 27.7 Å². The number of hydrogen-bond donors (Lipinski definition) is 3.